The molecular formula is C23H18O5. The Morgan fingerprint density at radius 2 is 1.75 bits per heavy atom. The molecule has 0 bridgehead atoms. The molecule has 0 aliphatic carbocycles. The standard InChI is InChI=1S/C23H18O5/c1-15(27-18-8-3-2-4-9-18)23(25)26-14-17-13-21(24)28-20-12-11-16-7-5-6-10-19(16)22(17)20/h2-13,15H,14H2,1H3/t15-/m1/s1. The van der Waals surface area contributed by atoms with E-state index < -0.39 is 17.7 Å². The molecule has 0 saturated carbocycles. The van der Waals surface area contributed by atoms with Gasteiger partial charge < -0.3 is 13.9 Å². The summed E-state index contributed by atoms with van der Waals surface area (Å²) in [6.07, 6.45) is -0.773. The van der Waals surface area contributed by atoms with Crippen LogP contribution in [0.1, 0.15) is 12.5 Å². The molecule has 0 unspecified atom stereocenters. The van der Waals surface area contributed by atoms with Gasteiger partial charge in [0.05, 0.1) is 0 Å². The number of hydrogen-bond donors (Lipinski definition) is 0. The van der Waals surface area contributed by atoms with Crippen LogP contribution in [0.15, 0.2) is 82.0 Å². The Morgan fingerprint density at radius 1 is 1.00 bits per heavy atom. The molecule has 140 valence electrons. The third-order valence-corrected chi connectivity index (χ3v) is 4.47. The van der Waals surface area contributed by atoms with Crippen LogP contribution in [-0.4, -0.2) is 12.1 Å². The molecule has 3 aromatic carbocycles. The fourth-order valence-corrected chi connectivity index (χ4v) is 3.15. The van der Waals surface area contributed by atoms with Gasteiger partial charge in [-0.15, -0.1) is 0 Å². The van der Waals surface area contributed by atoms with Gasteiger partial charge in [-0.1, -0.05) is 48.5 Å². The summed E-state index contributed by atoms with van der Waals surface area (Å²) in [5.41, 5.74) is 0.580. The van der Waals surface area contributed by atoms with Gasteiger partial charge in [-0.3, -0.25) is 0 Å². The van der Waals surface area contributed by atoms with Gasteiger partial charge in [-0.25, -0.2) is 9.59 Å². The molecule has 4 aromatic rings. The van der Waals surface area contributed by atoms with E-state index in [1.807, 2.05) is 48.5 Å². The Balaban J connectivity index is 1.60. The average molecular weight is 374 g/mol. The molecule has 0 aliphatic rings. The highest BCUT2D eigenvalue weighted by atomic mass is 16.6. The van der Waals surface area contributed by atoms with Crippen LogP contribution in [0.5, 0.6) is 5.75 Å². The van der Waals surface area contributed by atoms with E-state index in [0.29, 0.717) is 16.9 Å². The number of fused-ring (bicyclic) bond motifs is 3. The fraction of sp³-hybridized carbons (Fsp3) is 0.130. The number of carbonyl (C=O) groups is 1. The Kier molecular flexibility index (Phi) is 4.81. The summed E-state index contributed by atoms with van der Waals surface area (Å²) < 4.78 is 16.3. The van der Waals surface area contributed by atoms with Crippen LogP contribution in [-0.2, 0) is 16.1 Å². The predicted molar refractivity (Wildman–Crippen MR) is 106 cm³/mol. The van der Waals surface area contributed by atoms with Gasteiger partial charge >= 0.3 is 11.6 Å². The molecule has 5 nitrogen and oxygen atoms in total. The van der Waals surface area contributed by atoms with E-state index >= 15 is 0 Å². The first-order valence-corrected chi connectivity index (χ1v) is 8.94. The lowest BCUT2D eigenvalue weighted by molar-refractivity contribution is -0.152. The van der Waals surface area contributed by atoms with Crippen molar-refractivity contribution in [3.8, 4) is 5.75 Å². The molecule has 0 amide bonds. The smallest absolute Gasteiger partial charge is 0.347 e. The fourth-order valence-electron chi connectivity index (χ4n) is 3.15. The van der Waals surface area contributed by atoms with E-state index in [9.17, 15) is 9.59 Å². The predicted octanol–water partition coefficient (Wildman–Crippen LogP) is 4.46. The van der Waals surface area contributed by atoms with E-state index in [1.54, 1.807) is 25.1 Å². The molecule has 4 rings (SSSR count). The first-order chi connectivity index (χ1) is 13.6. The minimum atomic E-state index is -0.773. The van der Waals surface area contributed by atoms with Crippen molar-refractivity contribution in [1.82, 2.24) is 0 Å². The van der Waals surface area contributed by atoms with Crippen molar-refractivity contribution in [1.29, 1.82) is 0 Å². The van der Waals surface area contributed by atoms with Crippen molar-refractivity contribution < 1.29 is 18.7 Å². The molecule has 0 saturated heterocycles. The van der Waals surface area contributed by atoms with Gasteiger partial charge in [-0.05, 0) is 35.9 Å². The molecule has 0 N–H and O–H groups in total. The Labute approximate surface area is 161 Å². The van der Waals surface area contributed by atoms with Crippen LogP contribution in [0.25, 0.3) is 21.7 Å². The molecule has 0 radical (unpaired) electrons. The summed E-state index contributed by atoms with van der Waals surface area (Å²) in [4.78, 5) is 24.3. The number of rotatable bonds is 5. The van der Waals surface area contributed by atoms with Gasteiger partial charge in [0, 0.05) is 17.0 Å². The zero-order valence-electron chi connectivity index (χ0n) is 15.3. The summed E-state index contributed by atoms with van der Waals surface area (Å²) in [5.74, 6) is 0.0780. The minimum Gasteiger partial charge on any atom is -0.479 e. The Hall–Kier alpha value is -3.60. The molecule has 0 spiro atoms. The summed E-state index contributed by atoms with van der Waals surface area (Å²) in [6, 6.07) is 21.9. The van der Waals surface area contributed by atoms with Gasteiger partial charge in [0.25, 0.3) is 0 Å². The maximum absolute atomic E-state index is 12.4. The first-order valence-electron chi connectivity index (χ1n) is 8.94. The lowest BCUT2D eigenvalue weighted by atomic mass is 10.0. The molecular weight excluding hydrogens is 356 g/mol. The van der Waals surface area contributed by atoms with E-state index in [1.165, 1.54) is 6.07 Å². The number of ether oxygens (including phenoxy) is 2. The van der Waals surface area contributed by atoms with E-state index in [0.717, 1.165) is 16.2 Å². The summed E-state index contributed by atoms with van der Waals surface area (Å²) in [5, 5.41) is 2.71. The highest BCUT2D eigenvalue weighted by molar-refractivity contribution is 6.07. The largest absolute Gasteiger partial charge is 0.479 e. The SMILES string of the molecule is C[C@@H](Oc1ccccc1)C(=O)OCc1cc(=O)oc2ccc3ccccc3c12. The Bertz CT molecular complexity index is 1190. The second kappa shape index (κ2) is 7.56. The zero-order chi connectivity index (χ0) is 19.5. The molecule has 1 aromatic heterocycles. The van der Waals surface area contributed by atoms with Crippen molar-refractivity contribution in [2.45, 2.75) is 19.6 Å². The van der Waals surface area contributed by atoms with Crippen molar-refractivity contribution in [3.05, 3.63) is 88.8 Å². The summed E-state index contributed by atoms with van der Waals surface area (Å²) >= 11 is 0. The topological polar surface area (TPSA) is 65.7 Å². The van der Waals surface area contributed by atoms with E-state index in [-0.39, 0.29) is 6.61 Å². The van der Waals surface area contributed by atoms with Crippen LogP contribution in [0.2, 0.25) is 0 Å². The van der Waals surface area contributed by atoms with Crippen LogP contribution in [0.3, 0.4) is 0 Å². The molecule has 28 heavy (non-hydrogen) atoms. The summed E-state index contributed by atoms with van der Waals surface area (Å²) in [6.45, 7) is 1.58. The zero-order valence-corrected chi connectivity index (χ0v) is 15.3. The van der Waals surface area contributed by atoms with Crippen molar-refractivity contribution >= 4 is 27.7 Å². The second-order valence-electron chi connectivity index (χ2n) is 6.43. The number of hydrogen-bond acceptors (Lipinski definition) is 5. The van der Waals surface area contributed by atoms with Gasteiger partial charge in [0.2, 0.25) is 0 Å². The van der Waals surface area contributed by atoms with Crippen LogP contribution in [0.4, 0.5) is 0 Å². The summed E-state index contributed by atoms with van der Waals surface area (Å²) in [7, 11) is 0. The minimum absolute atomic E-state index is 0.0442. The normalized spacial score (nSPS) is 12.0. The first kappa shape index (κ1) is 17.8. The van der Waals surface area contributed by atoms with Gasteiger partial charge in [0.15, 0.2) is 6.10 Å². The quantitative estimate of drug-likeness (QED) is 0.293. The molecule has 5 heteroatoms. The maximum Gasteiger partial charge on any atom is 0.347 e. The molecule has 0 aliphatic heterocycles. The van der Waals surface area contributed by atoms with Crippen molar-refractivity contribution in [2.75, 3.05) is 0 Å². The molecule has 1 heterocycles. The Morgan fingerprint density at radius 3 is 2.57 bits per heavy atom. The molecule has 0 fully saturated rings. The number of carbonyl (C=O) groups excluding carboxylic acids is 1. The highest BCUT2D eigenvalue weighted by Gasteiger charge is 2.18. The second-order valence-corrected chi connectivity index (χ2v) is 6.43. The number of benzene rings is 3. The number of para-hydroxylation sites is 1. The third-order valence-electron chi connectivity index (χ3n) is 4.47. The molecule has 1 atom stereocenters. The third kappa shape index (κ3) is 3.60. The highest BCUT2D eigenvalue weighted by Crippen LogP contribution is 2.27. The van der Waals surface area contributed by atoms with Gasteiger partial charge in [0.1, 0.15) is 17.9 Å². The number of esters is 1. The van der Waals surface area contributed by atoms with Crippen LogP contribution in [0, 0.1) is 0 Å². The van der Waals surface area contributed by atoms with Crippen molar-refractivity contribution in [2.24, 2.45) is 0 Å². The average Bonchev–Trinajstić information content (AvgIpc) is 2.72. The lowest BCUT2D eigenvalue weighted by Crippen LogP contribution is -2.26. The van der Waals surface area contributed by atoms with E-state index in [4.69, 9.17) is 13.9 Å². The van der Waals surface area contributed by atoms with Crippen molar-refractivity contribution in [3.63, 3.8) is 0 Å². The van der Waals surface area contributed by atoms with Crippen LogP contribution < -0.4 is 10.4 Å². The van der Waals surface area contributed by atoms with E-state index in [2.05, 4.69) is 0 Å². The van der Waals surface area contributed by atoms with Gasteiger partial charge in [-0.2, -0.15) is 0 Å². The van der Waals surface area contributed by atoms with Crippen LogP contribution >= 0.6 is 0 Å². The monoisotopic (exact) mass is 374 g/mol. The maximum atomic E-state index is 12.4. The lowest BCUT2D eigenvalue weighted by Gasteiger charge is -2.14.